The number of nitrogens with one attached hydrogen (secondary N) is 1. The van der Waals surface area contributed by atoms with E-state index in [-0.39, 0.29) is 5.43 Å². The van der Waals surface area contributed by atoms with Gasteiger partial charge in [0.1, 0.15) is 11.3 Å². The van der Waals surface area contributed by atoms with E-state index in [1.54, 1.807) is 19.2 Å². The minimum absolute atomic E-state index is 0.00421. The fraction of sp³-hybridized carbons (Fsp3) is 0.143. The molecule has 0 radical (unpaired) electrons. The molecule has 3 rings (SSSR count). The lowest BCUT2D eigenvalue weighted by Gasteiger charge is -2.05. The Morgan fingerprint density at radius 1 is 1.22 bits per heavy atom. The van der Waals surface area contributed by atoms with Crippen molar-refractivity contribution in [3.8, 4) is 11.5 Å². The quantitative estimate of drug-likeness (QED) is 0.711. The molecule has 0 atom stereocenters. The summed E-state index contributed by atoms with van der Waals surface area (Å²) in [4.78, 5) is 12.3. The number of aryl methyl sites for hydroxylation is 1. The molecule has 4 heteroatoms. The molecule has 0 spiro atoms. The lowest BCUT2D eigenvalue weighted by atomic mass is 10.1. The molecule has 1 aromatic carbocycles. The Labute approximate surface area is 103 Å². The van der Waals surface area contributed by atoms with Crippen LogP contribution in [0.5, 0.6) is 0 Å². The first-order chi connectivity index (χ1) is 8.66. The summed E-state index contributed by atoms with van der Waals surface area (Å²) in [5.41, 5.74) is 2.96. The number of hydrogen-bond donors (Lipinski definition) is 1. The zero-order valence-corrected chi connectivity index (χ0v) is 10.2. The van der Waals surface area contributed by atoms with E-state index in [2.05, 4.69) is 10.2 Å². The minimum Gasteiger partial charge on any atom is -0.454 e. The predicted octanol–water partition coefficient (Wildman–Crippen LogP) is 2.80. The van der Waals surface area contributed by atoms with Crippen LogP contribution in [0, 0.1) is 13.8 Å². The van der Waals surface area contributed by atoms with E-state index in [9.17, 15) is 4.79 Å². The van der Waals surface area contributed by atoms with Crippen LogP contribution in [-0.4, -0.2) is 10.2 Å². The molecule has 0 saturated heterocycles. The van der Waals surface area contributed by atoms with Gasteiger partial charge in [-0.25, -0.2) is 0 Å². The number of aromatic amines is 1. The molecule has 0 fully saturated rings. The number of aromatic nitrogens is 2. The van der Waals surface area contributed by atoms with Crippen molar-refractivity contribution >= 4 is 11.0 Å². The maximum absolute atomic E-state index is 12.3. The Morgan fingerprint density at radius 3 is 2.78 bits per heavy atom. The zero-order valence-electron chi connectivity index (χ0n) is 10.2. The van der Waals surface area contributed by atoms with Crippen LogP contribution in [0.25, 0.3) is 22.4 Å². The molecular formula is C14H12N2O2. The smallest absolute Gasteiger partial charge is 0.196 e. The van der Waals surface area contributed by atoms with Crippen molar-refractivity contribution in [3.05, 3.63) is 51.8 Å². The highest BCUT2D eigenvalue weighted by Crippen LogP contribution is 2.23. The van der Waals surface area contributed by atoms with Gasteiger partial charge >= 0.3 is 0 Å². The van der Waals surface area contributed by atoms with Crippen molar-refractivity contribution in [1.82, 2.24) is 10.2 Å². The molecule has 0 aliphatic carbocycles. The first-order valence-corrected chi connectivity index (χ1v) is 5.70. The largest absolute Gasteiger partial charge is 0.454 e. The van der Waals surface area contributed by atoms with Crippen LogP contribution in [-0.2, 0) is 0 Å². The Morgan fingerprint density at radius 2 is 2.06 bits per heavy atom. The van der Waals surface area contributed by atoms with Gasteiger partial charge < -0.3 is 4.42 Å². The van der Waals surface area contributed by atoms with Gasteiger partial charge in [0.2, 0.25) is 0 Å². The maximum Gasteiger partial charge on any atom is 0.196 e. The summed E-state index contributed by atoms with van der Waals surface area (Å²) >= 11 is 0. The van der Waals surface area contributed by atoms with Crippen LogP contribution in [0.15, 0.2) is 39.7 Å². The van der Waals surface area contributed by atoms with Gasteiger partial charge in [-0.05, 0) is 32.0 Å². The lowest BCUT2D eigenvalue weighted by Crippen LogP contribution is -2.07. The van der Waals surface area contributed by atoms with Gasteiger partial charge in [0.25, 0.3) is 0 Å². The van der Waals surface area contributed by atoms with Crippen molar-refractivity contribution in [2.45, 2.75) is 13.8 Å². The van der Waals surface area contributed by atoms with Crippen molar-refractivity contribution in [2.75, 3.05) is 0 Å². The van der Waals surface area contributed by atoms with Crippen molar-refractivity contribution < 1.29 is 4.42 Å². The monoisotopic (exact) mass is 240 g/mol. The van der Waals surface area contributed by atoms with E-state index in [0.29, 0.717) is 28.0 Å². The summed E-state index contributed by atoms with van der Waals surface area (Å²) in [5.74, 6) is 0.550. The van der Waals surface area contributed by atoms with Crippen LogP contribution in [0.4, 0.5) is 0 Å². The van der Waals surface area contributed by atoms with Crippen molar-refractivity contribution in [2.24, 2.45) is 0 Å². The average molecular weight is 240 g/mol. The van der Waals surface area contributed by atoms with Gasteiger partial charge in [0.15, 0.2) is 11.2 Å². The molecule has 0 unspecified atom stereocenters. The van der Waals surface area contributed by atoms with Crippen LogP contribution in [0.2, 0.25) is 0 Å². The van der Waals surface area contributed by atoms with Gasteiger partial charge in [-0.2, -0.15) is 5.10 Å². The number of rotatable bonds is 1. The molecular weight excluding hydrogens is 228 g/mol. The summed E-state index contributed by atoms with van der Waals surface area (Å²) in [5, 5.41) is 7.31. The molecule has 18 heavy (non-hydrogen) atoms. The molecule has 0 aliphatic heterocycles. The van der Waals surface area contributed by atoms with E-state index >= 15 is 0 Å². The SMILES string of the molecule is Cc1ccc2oc(-c3ccn[nH]3)c(C)c(=O)c2c1. The second-order valence-corrected chi connectivity index (χ2v) is 4.36. The molecule has 2 aromatic heterocycles. The second-order valence-electron chi connectivity index (χ2n) is 4.36. The highest BCUT2D eigenvalue weighted by atomic mass is 16.3. The molecule has 0 saturated carbocycles. The third kappa shape index (κ3) is 1.54. The zero-order chi connectivity index (χ0) is 12.7. The Balaban J connectivity index is 2.40. The van der Waals surface area contributed by atoms with Gasteiger partial charge in [-0.1, -0.05) is 11.6 Å². The summed E-state index contributed by atoms with van der Waals surface area (Å²) in [6.45, 7) is 3.72. The Hall–Kier alpha value is -2.36. The summed E-state index contributed by atoms with van der Waals surface area (Å²) in [6, 6.07) is 7.39. The Bertz CT molecular complexity index is 770. The van der Waals surface area contributed by atoms with E-state index < -0.39 is 0 Å². The second kappa shape index (κ2) is 3.84. The van der Waals surface area contributed by atoms with Crippen molar-refractivity contribution in [1.29, 1.82) is 0 Å². The number of H-pyrrole nitrogens is 1. The summed E-state index contributed by atoms with van der Waals surface area (Å²) < 4.78 is 5.80. The van der Waals surface area contributed by atoms with Crippen molar-refractivity contribution in [3.63, 3.8) is 0 Å². The number of fused-ring (bicyclic) bond motifs is 1. The molecule has 1 N–H and O–H groups in total. The topological polar surface area (TPSA) is 58.9 Å². The Kier molecular flexibility index (Phi) is 2.30. The van der Waals surface area contributed by atoms with Crippen LogP contribution < -0.4 is 5.43 Å². The molecule has 0 aliphatic rings. The molecule has 2 heterocycles. The van der Waals surface area contributed by atoms with Gasteiger partial charge in [0, 0.05) is 11.8 Å². The third-order valence-corrected chi connectivity index (χ3v) is 3.02. The molecule has 0 bridgehead atoms. The molecule has 3 aromatic rings. The standard InChI is InChI=1S/C14H12N2O2/c1-8-3-4-12-10(7-8)13(17)9(2)14(18-12)11-5-6-15-16-11/h3-7H,1-2H3,(H,15,16). The summed E-state index contributed by atoms with van der Waals surface area (Å²) in [6.07, 6.45) is 1.63. The van der Waals surface area contributed by atoms with Gasteiger partial charge in [-0.3, -0.25) is 9.89 Å². The third-order valence-electron chi connectivity index (χ3n) is 3.02. The predicted molar refractivity (Wildman–Crippen MR) is 69.5 cm³/mol. The highest BCUT2D eigenvalue weighted by Gasteiger charge is 2.13. The maximum atomic E-state index is 12.3. The average Bonchev–Trinajstić information content (AvgIpc) is 2.88. The molecule has 0 amide bonds. The van der Waals surface area contributed by atoms with Crippen LogP contribution in [0.3, 0.4) is 0 Å². The lowest BCUT2D eigenvalue weighted by molar-refractivity contribution is 0.611. The number of nitrogens with zero attached hydrogens (tertiary/aromatic N) is 1. The van der Waals surface area contributed by atoms with E-state index in [1.165, 1.54) is 0 Å². The normalized spacial score (nSPS) is 11.0. The van der Waals surface area contributed by atoms with Crippen LogP contribution >= 0.6 is 0 Å². The summed E-state index contributed by atoms with van der Waals surface area (Å²) in [7, 11) is 0. The van der Waals surface area contributed by atoms with E-state index in [0.717, 1.165) is 5.56 Å². The first-order valence-electron chi connectivity index (χ1n) is 5.70. The minimum atomic E-state index is 0.00421. The van der Waals surface area contributed by atoms with E-state index in [4.69, 9.17) is 4.42 Å². The van der Waals surface area contributed by atoms with Gasteiger partial charge in [-0.15, -0.1) is 0 Å². The highest BCUT2D eigenvalue weighted by molar-refractivity contribution is 5.80. The fourth-order valence-electron chi connectivity index (χ4n) is 2.04. The van der Waals surface area contributed by atoms with Gasteiger partial charge in [0.05, 0.1) is 5.39 Å². The van der Waals surface area contributed by atoms with E-state index in [1.807, 2.05) is 25.1 Å². The fourth-order valence-corrected chi connectivity index (χ4v) is 2.04. The molecule has 4 nitrogen and oxygen atoms in total. The first kappa shape index (κ1) is 10.8. The van der Waals surface area contributed by atoms with Crippen LogP contribution in [0.1, 0.15) is 11.1 Å². The number of benzene rings is 1. The number of hydrogen-bond acceptors (Lipinski definition) is 3. The molecule has 90 valence electrons.